The number of benzene rings is 2. The molecule has 1 aliphatic carbocycles. The first-order valence-electron chi connectivity index (χ1n) is 9.11. The summed E-state index contributed by atoms with van der Waals surface area (Å²) in [6.45, 7) is 0.394. The van der Waals surface area contributed by atoms with Crippen LogP contribution in [0.4, 0.5) is 4.39 Å². The highest BCUT2D eigenvalue weighted by atomic mass is 35.5. The Morgan fingerprint density at radius 3 is 2.78 bits per heavy atom. The highest BCUT2D eigenvalue weighted by Crippen LogP contribution is 2.50. The summed E-state index contributed by atoms with van der Waals surface area (Å²) >= 11 is 6.31. The summed E-state index contributed by atoms with van der Waals surface area (Å²) < 4.78 is 29.1. The molecule has 0 saturated heterocycles. The molecule has 2 aliphatic rings. The molecule has 1 fully saturated rings. The van der Waals surface area contributed by atoms with Crippen molar-refractivity contribution in [3.05, 3.63) is 81.9 Å². The Kier molecular flexibility index (Phi) is 3.99. The van der Waals surface area contributed by atoms with Crippen LogP contribution in [0.1, 0.15) is 47.2 Å². The van der Waals surface area contributed by atoms with Crippen LogP contribution in [0.5, 0.6) is 5.75 Å². The molecule has 2 aromatic carbocycles. The Balaban J connectivity index is 1.76. The summed E-state index contributed by atoms with van der Waals surface area (Å²) in [4.78, 5) is 0. The molecule has 1 aliphatic heterocycles. The summed E-state index contributed by atoms with van der Waals surface area (Å²) in [6.07, 6.45) is 3.55. The first-order valence-corrected chi connectivity index (χ1v) is 9.49. The van der Waals surface area contributed by atoms with Gasteiger partial charge in [-0.1, -0.05) is 11.6 Å². The van der Waals surface area contributed by atoms with Gasteiger partial charge in [-0.25, -0.2) is 4.39 Å². The molecule has 0 bridgehead atoms. The fourth-order valence-corrected chi connectivity index (χ4v) is 4.23. The van der Waals surface area contributed by atoms with Gasteiger partial charge in [-0.15, -0.1) is 0 Å². The lowest BCUT2D eigenvalue weighted by atomic mass is 9.92. The topological polar surface area (TPSA) is 23.4 Å². The lowest BCUT2D eigenvalue weighted by Crippen LogP contribution is -2.12. The largest absolute Gasteiger partial charge is 0.496 e. The molecule has 138 valence electrons. The SMILES string of the molecule is COc1ccc(F)c([C@H]2OCc3cccn3-c3ccc(Cl)cc32)c1C1CC1. The van der Waals surface area contributed by atoms with E-state index >= 15 is 4.39 Å². The van der Waals surface area contributed by atoms with Crippen molar-refractivity contribution in [1.82, 2.24) is 4.57 Å². The van der Waals surface area contributed by atoms with Crippen molar-refractivity contribution in [2.75, 3.05) is 7.11 Å². The van der Waals surface area contributed by atoms with Crippen LogP contribution in [0.3, 0.4) is 0 Å². The van der Waals surface area contributed by atoms with Crippen molar-refractivity contribution in [3.63, 3.8) is 0 Å². The van der Waals surface area contributed by atoms with Crippen molar-refractivity contribution in [2.24, 2.45) is 0 Å². The molecular formula is C22H19ClFNO2. The minimum atomic E-state index is -0.538. The minimum absolute atomic E-state index is 0.264. The summed E-state index contributed by atoms with van der Waals surface area (Å²) in [6, 6.07) is 12.9. The second-order valence-corrected chi connectivity index (χ2v) is 7.55. The van der Waals surface area contributed by atoms with Gasteiger partial charge in [0.05, 0.1) is 19.4 Å². The van der Waals surface area contributed by atoms with Gasteiger partial charge < -0.3 is 14.0 Å². The molecule has 3 aromatic rings. The maximum absolute atomic E-state index is 15.1. The zero-order valence-electron chi connectivity index (χ0n) is 14.9. The fraction of sp³-hybridized carbons (Fsp3) is 0.273. The van der Waals surface area contributed by atoms with Crippen molar-refractivity contribution in [1.29, 1.82) is 0 Å². The molecule has 0 radical (unpaired) electrons. The Morgan fingerprint density at radius 1 is 1.15 bits per heavy atom. The van der Waals surface area contributed by atoms with E-state index in [1.54, 1.807) is 13.2 Å². The predicted octanol–water partition coefficient (Wildman–Crippen LogP) is 5.78. The fourth-order valence-electron chi connectivity index (χ4n) is 4.05. The highest BCUT2D eigenvalue weighted by molar-refractivity contribution is 6.30. The molecule has 3 nitrogen and oxygen atoms in total. The van der Waals surface area contributed by atoms with E-state index in [0.717, 1.165) is 41.1 Å². The van der Waals surface area contributed by atoms with Gasteiger partial charge in [-0.05, 0) is 61.2 Å². The maximum atomic E-state index is 15.1. The third kappa shape index (κ3) is 2.75. The molecular weight excluding hydrogens is 365 g/mol. The monoisotopic (exact) mass is 383 g/mol. The summed E-state index contributed by atoms with van der Waals surface area (Å²) in [5.41, 5.74) is 4.36. The van der Waals surface area contributed by atoms with E-state index in [0.29, 0.717) is 23.1 Å². The van der Waals surface area contributed by atoms with Crippen molar-refractivity contribution in [2.45, 2.75) is 31.5 Å². The molecule has 0 spiro atoms. The van der Waals surface area contributed by atoms with Crippen LogP contribution >= 0.6 is 11.6 Å². The molecule has 5 heteroatoms. The minimum Gasteiger partial charge on any atom is -0.496 e. The van der Waals surface area contributed by atoms with E-state index in [1.165, 1.54) is 6.07 Å². The van der Waals surface area contributed by atoms with E-state index in [1.807, 2.05) is 36.5 Å². The lowest BCUT2D eigenvalue weighted by Gasteiger charge is -2.23. The van der Waals surface area contributed by atoms with Crippen molar-refractivity contribution >= 4 is 11.6 Å². The Hall–Kier alpha value is -2.30. The predicted molar refractivity (Wildman–Crippen MR) is 102 cm³/mol. The molecule has 2 heterocycles. The first-order chi connectivity index (χ1) is 13.2. The number of halogens is 2. The van der Waals surface area contributed by atoms with E-state index in [9.17, 15) is 0 Å². The molecule has 1 atom stereocenters. The lowest BCUT2D eigenvalue weighted by molar-refractivity contribution is 0.0647. The number of ether oxygens (including phenoxy) is 2. The summed E-state index contributed by atoms with van der Waals surface area (Å²) in [5.74, 6) is 0.782. The van der Waals surface area contributed by atoms with Gasteiger partial charge in [-0.3, -0.25) is 0 Å². The second kappa shape index (κ2) is 6.39. The quantitative estimate of drug-likeness (QED) is 0.572. The average Bonchev–Trinajstić information content (AvgIpc) is 3.43. The number of fused-ring (bicyclic) bond motifs is 3. The van der Waals surface area contributed by atoms with Crippen LogP contribution in [0.25, 0.3) is 5.69 Å². The molecule has 0 amide bonds. The van der Waals surface area contributed by atoms with Gasteiger partial charge in [0.1, 0.15) is 17.7 Å². The maximum Gasteiger partial charge on any atom is 0.129 e. The first kappa shape index (κ1) is 16.8. The number of hydrogen-bond acceptors (Lipinski definition) is 2. The number of hydrogen-bond donors (Lipinski definition) is 0. The zero-order valence-corrected chi connectivity index (χ0v) is 15.7. The molecule has 27 heavy (non-hydrogen) atoms. The Morgan fingerprint density at radius 2 is 2.00 bits per heavy atom. The van der Waals surface area contributed by atoms with Crippen molar-refractivity contribution < 1.29 is 13.9 Å². The Bertz CT molecular complexity index is 1030. The van der Waals surface area contributed by atoms with Gasteiger partial charge >= 0.3 is 0 Å². The number of nitrogens with zero attached hydrogens (tertiary/aromatic N) is 1. The second-order valence-electron chi connectivity index (χ2n) is 7.11. The average molecular weight is 384 g/mol. The molecule has 5 rings (SSSR count). The zero-order chi connectivity index (χ0) is 18.5. The van der Waals surface area contributed by atoms with Crippen LogP contribution in [0.2, 0.25) is 5.02 Å². The van der Waals surface area contributed by atoms with Crippen LogP contribution in [0.15, 0.2) is 48.7 Å². The van der Waals surface area contributed by atoms with Crippen LogP contribution in [-0.4, -0.2) is 11.7 Å². The number of methoxy groups -OCH3 is 1. The van der Waals surface area contributed by atoms with Gasteiger partial charge in [-0.2, -0.15) is 0 Å². The third-order valence-electron chi connectivity index (χ3n) is 5.42. The highest BCUT2D eigenvalue weighted by Gasteiger charge is 2.36. The molecule has 0 unspecified atom stereocenters. The van der Waals surface area contributed by atoms with Crippen LogP contribution in [0, 0.1) is 5.82 Å². The Labute approximate surface area is 162 Å². The normalized spacial score (nSPS) is 18.6. The van der Waals surface area contributed by atoms with Crippen molar-refractivity contribution in [3.8, 4) is 11.4 Å². The molecule has 1 aromatic heterocycles. The molecule has 0 N–H and O–H groups in total. The van der Waals surface area contributed by atoms with E-state index in [-0.39, 0.29) is 5.82 Å². The van der Waals surface area contributed by atoms with Gasteiger partial charge in [0.2, 0.25) is 0 Å². The van der Waals surface area contributed by atoms with E-state index in [2.05, 4.69) is 4.57 Å². The van der Waals surface area contributed by atoms with Gasteiger partial charge in [0, 0.05) is 33.6 Å². The third-order valence-corrected chi connectivity index (χ3v) is 5.66. The summed E-state index contributed by atoms with van der Waals surface area (Å²) in [5, 5.41) is 0.606. The van der Waals surface area contributed by atoms with Gasteiger partial charge in [0.25, 0.3) is 0 Å². The van der Waals surface area contributed by atoms with Crippen LogP contribution in [-0.2, 0) is 11.3 Å². The smallest absolute Gasteiger partial charge is 0.129 e. The van der Waals surface area contributed by atoms with Crippen LogP contribution < -0.4 is 4.74 Å². The van der Waals surface area contributed by atoms with E-state index < -0.39 is 6.10 Å². The summed E-state index contributed by atoms with van der Waals surface area (Å²) in [7, 11) is 1.63. The van der Waals surface area contributed by atoms with E-state index in [4.69, 9.17) is 21.1 Å². The number of rotatable bonds is 3. The van der Waals surface area contributed by atoms with Gasteiger partial charge in [0.15, 0.2) is 0 Å². The molecule has 1 saturated carbocycles. The standard InChI is InChI=1S/C22H19ClFNO2/c1-26-19-9-7-17(24)21(20(19)13-4-5-13)22-16-11-14(23)6-8-18(16)25-10-2-3-15(25)12-27-22/h2-3,6-11,13,22H,4-5,12H2,1H3/t22-/m0/s1. The number of aromatic nitrogens is 1.